The molecule has 1 unspecified atom stereocenters. The van der Waals surface area contributed by atoms with E-state index in [0.29, 0.717) is 11.8 Å². The van der Waals surface area contributed by atoms with Gasteiger partial charge in [0.05, 0.1) is 19.6 Å². The molecule has 0 spiro atoms. The predicted molar refractivity (Wildman–Crippen MR) is 192 cm³/mol. The minimum Gasteiger partial charge on any atom is -0.496 e. The molecular weight excluding hydrogens is 607 g/mol. The van der Waals surface area contributed by atoms with Crippen molar-refractivity contribution < 1.29 is 27.4 Å². The maximum absolute atomic E-state index is 12.6. The number of pyridine rings is 2. The first-order valence-electron chi connectivity index (χ1n) is 16.6. The van der Waals surface area contributed by atoms with Crippen LogP contribution in [0, 0.1) is 5.92 Å². The number of carbonyl (C=O) groups excluding carboxylic acids is 1. The summed E-state index contributed by atoms with van der Waals surface area (Å²) in [7, 11) is 8.92. The van der Waals surface area contributed by atoms with E-state index >= 15 is 0 Å². The van der Waals surface area contributed by atoms with Crippen LogP contribution in [0.15, 0.2) is 35.4 Å². The van der Waals surface area contributed by atoms with Gasteiger partial charge in [-0.3, -0.25) is 4.79 Å². The van der Waals surface area contributed by atoms with Gasteiger partial charge in [0, 0.05) is 63.4 Å². The quantitative estimate of drug-likeness (QED) is 0.150. The maximum atomic E-state index is 12.6. The second-order valence-corrected chi connectivity index (χ2v) is 11.0. The molecule has 0 saturated carbocycles. The van der Waals surface area contributed by atoms with Gasteiger partial charge in [0.15, 0.2) is 0 Å². The zero-order chi connectivity index (χ0) is 36.7. The first-order chi connectivity index (χ1) is 22.1. The van der Waals surface area contributed by atoms with Crippen molar-refractivity contribution >= 4 is 22.9 Å². The van der Waals surface area contributed by atoms with Gasteiger partial charge in [0.1, 0.15) is 23.6 Å². The molecular formula is C37H60F3N3O4. The zero-order valence-corrected chi connectivity index (χ0v) is 31.1. The first-order valence-corrected chi connectivity index (χ1v) is 16.6. The van der Waals surface area contributed by atoms with Crippen LogP contribution >= 0.6 is 0 Å². The number of carbonyl (C=O) groups is 1. The summed E-state index contributed by atoms with van der Waals surface area (Å²) in [6.07, 6.45) is 8.81. The van der Waals surface area contributed by atoms with Crippen molar-refractivity contribution in [1.82, 2.24) is 9.55 Å². The number of aromatic nitrogens is 2. The number of unbranched alkanes of at least 4 members (excludes halogenated alkanes) is 2. The highest BCUT2D eigenvalue weighted by molar-refractivity contribution is 5.97. The van der Waals surface area contributed by atoms with Gasteiger partial charge >= 0.3 is 6.18 Å². The Bertz CT molecular complexity index is 1320. The number of ether oxygens (including phenoxy) is 2. The zero-order valence-electron chi connectivity index (χ0n) is 31.1. The van der Waals surface area contributed by atoms with Gasteiger partial charge in [-0.2, -0.15) is 13.2 Å². The molecule has 0 aliphatic rings. The molecule has 2 aromatic heterocycles. The fourth-order valence-electron chi connectivity index (χ4n) is 4.26. The number of anilines is 1. The average Bonchev–Trinajstić information content (AvgIpc) is 3.05. The number of rotatable bonds is 11. The lowest BCUT2D eigenvalue weighted by atomic mass is 9.98. The van der Waals surface area contributed by atoms with Gasteiger partial charge in [-0.05, 0) is 36.1 Å². The molecule has 2 heterocycles. The van der Waals surface area contributed by atoms with Gasteiger partial charge in [0.25, 0.3) is 5.56 Å². The van der Waals surface area contributed by atoms with Crippen LogP contribution in [0.5, 0.6) is 11.5 Å². The molecule has 0 aliphatic heterocycles. The first kappa shape index (κ1) is 45.6. The number of nitrogens with zero attached hydrogens (tertiary/aromatic N) is 3. The van der Waals surface area contributed by atoms with Crippen LogP contribution in [-0.2, 0) is 18.3 Å². The van der Waals surface area contributed by atoms with Crippen molar-refractivity contribution in [3.8, 4) is 22.6 Å². The minimum absolute atomic E-state index is 0.0735. The molecule has 0 bridgehead atoms. The third-order valence-corrected chi connectivity index (χ3v) is 6.95. The SMILES string of the molecule is CC.CC(F)(F)F.CCC=O.CCCCCC(C)CC.CCc1c(OC)cc(-c2cn(C)c(=O)c3cnc(N(C)C)cc23)cc1OC. The number of hydrogen-bond donors (Lipinski definition) is 0. The van der Waals surface area contributed by atoms with Crippen molar-refractivity contribution in [2.75, 3.05) is 33.2 Å². The fourth-order valence-corrected chi connectivity index (χ4v) is 4.26. The van der Waals surface area contributed by atoms with Crippen LogP contribution in [-0.4, -0.2) is 50.3 Å². The lowest BCUT2D eigenvalue weighted by Gasteiger charge is -2.17. The van der Waals surface area contributed by atoms with E-state index in [2.05, 4.69) is 32.7 Å². The largest absolute Gasteiger partial charge is 0.496 e. The minimum atomic E-state index is -4.00. The third-order valence-electron chi connectivity index (χ3n) is 6.95. The van der Waals surface area contributed by atoms with Gasteiger partial charge in [0.2, 0.25) is 0 Å². The van der Waals surface area contributed by atoms with Gasteiger partial charge in [-0.1, -0.05) is 80.6 Å². The Labute approximate surface area is 281 Å². The van der Waals surface area contributed by atoms with Crippen LogP contribution in [0.4, 0.5) is 19.0 Å². The number of hydrogen-bond acceptors (Lipinski definition) is 6. The Morgan fingerprint density at radius 3 is 1.87 bits per heavy atom. The number of methoxy groups -OCH3 is 2. The highest BCUT2D eigenvalue weighted by Crippen LogP contribution is 2.37. The summed E-state index contributed by atoms with van der Waals surface area (Å²) < 4.78 is 43.8. The van der Waals surface area contributed by atoms with Crippen LogP contribution in [0.25, 0.3) is 21.9 Å². The molecule has 0 amide bonds. The monoisotopic (exact) mass is 667 g/mol. The Morgan fingerprint density at radius 1 is 0.979 bits per heavy atom. The summed E-state index contributed by atoms with van der Waals surface area (Å²) in [5.74, 6) is 3.30. The van der Waals surface area contributed by atoms with Crippen molar-refractivity contribution in [2.24, 2.45) is 13.0 Å². The smallest absolute Gasteiger partial charge is 0.386 e. The average molecular weight is 668 g/mol. The number of benzene rings is 1. The van der Waals surface area contributed by atoms with E-state index < -0.39 is 6.18 Å². The number of alkyl halides is 3. The molecule has 3 aromatic rings. The number of aldehydes is 1. The van der Waals surface area contributed by atoms with Gasteiger partial charge < -0.3 is 23.7 Å². The summed E-state index contributed by atoms with van der Waals surface area (Å²) in [6.45, 7) is 14.9. The van der Waals surface area contributed by atoms with E-state index in [0.717, 1.165) is 58.0 Å². The van der Waals surface area contributed by atoms with E-state index in [-0.39, 0.29) is 12.5 Å². The molecule has 0 saturated heterocycles. The Hall–Kier alpha value is -3.56. The fraction of sp³-hybridized carbons (Fsp3) is 0.595. The number of aryl methyl sites for hydroxylation is 1. The van der Waals surface area contributed by atoms with E-state index in [1.54, 1.807) is 32.0 Å². The van der Waals surface area contributed by atoms with Crippen LogP contribution < -0.4 is 19.9 Å². The number of fused-ring (bicyclic) bond motifs is 1. The molecule has 1 atom stereocenters. The van der Waals surface area contributed by atoms with Gasteiger partial charge in [-0.25, -0.2) is 4.98 Å². The van der Waals surface area contributed by atoms with E-state index in [1.165, 1.54) is 32.1 Å². The summed E-state index contributed by atoms with van der Waals surface area (Å²) >= 11 is 0. The van der Waals surface area contributed by atoms with E-state index in [9.17, 15) is 22.8 Å². The van der Waals surface area contributed by atoms with E-state index in [4.69, 9.17) is 9.47 Å². The van der Waals surface area contributed by atoms with Crippen LogP contribution in [0.2, 0.25) is 0 Å². The summed E-state index contributed by atoms with van der Waals surface area (Å²) in [4.78, 5) is 28.1. The normalized spacial score (nSPS) is 10.8. The summed E-state index contributed by atoms with van der Waals surface area (Å²) in [5.41, 5.74) is 2.80. The molecule has 1 aromatic carbocycles. The number of halogens is 3. The van der Waals surface area contributed by atoms with Crippen molar-refractivity contribution in [1.29, 1.82) is 0 Å². The molecule has 3 rings (SSSR count). The lowest BCUT2D eigenvalue weighted by molar-refractivity contribution is -0.110. The molecule has 47 heavy (non-hydrogen) atoms. The van der Waals surface area contributed by atoms with Crippen LogP contribution in [0.1, 0.15) is 99.5 Å². The lowest BCUT2D eigenvalue weighted by Crippen LogP contribution is -2.18. The maximum Gasteiger partial charge on any atom is 0.386 e. The predicted octanol–water partition coefficient (Wildman–Crippen LogP) is 10.0. The standard InChI is InChI=1S/C21H25N3O3.C9H20.C3H6O.C2H3F3.C2H6/c1-7-14-18(26-5)8-13(9-19(14)27-6)17-12-24(4)21(25)16-11-22-20(23(2)3)10-15(16)17;1-4-6-7-8-9(3)5-2;1-2-3-4;1-2(3,4)5;1-2/h8-12H,7H2,1-6H3;9H,4-8H2,1-3H3;3H,2H2,1H3;1H3;1-2H3. The molecule has 0 N–H and O–H groups in total. The van der Waals surface area contributed by atoms with Crippen molar-refractivity contribution in [3.05, 3.63) is 46.5 Å². The Kier molecular flexibility index (Phi) is 23.8. The molecule has 10 heteroatoms. The Balaban J connectivity index is 0. The van der Waals surface area contributed by atoms with E-state index in [1.807, 2.05) is 64.2 Å². The van der Waals surface area contributed by atoms with Crippen molar-refractivity contribution in [2.45, 2.75) is 107 Å². The molecule has 268 valence electrons. The second-order valence-electron chi connectivity index (χ2n) is 11.0. The molecule has 0 radical (unpaired) electrons. The molecule has 0 aliphatic carbocycles. The topological polar surface area (TPSA) is 73.7 Å². The Morgan fingerprint density at radius 2 is 1.49 bits per heavy atom. The third kappa shape index (κ3) is 17.2. The highest BCUT2D eigenvalue weighted by Gasteiger charge is 2.17. The molecule has 0 fully saturated rings. The highest BCUT2D eigenvalue weighted by atomic mass is 19.4. The van der Waals surface area contributed by atoms with Crippen molar-refractivity contribution in [3.63, 3.8) is 0 Å². The second kappa shape index (κ2) is 24.6. The van der Waals surface area contributed by atoms with Gasteiger partial charge in [-0.15, -0.1) is 0 Å². The summed E-state index contributed by atoms with van der Waals surface area (Å²) in [5, 5.41) is 1.43. The van der Waals surface area contributed by atoms with Crippen LogP contribution in [0.3, 0.4) is 0 Å². The summed E-state index contributed by atoms with van der Waals surface area (Å²) in [6, 6.07) is 5.94. The molecule has 7 nitrogen and oxygen atoms in total.